The Labute approximate surface area is 187 Å². The Morgan fingerprint density at radius 3 is 1.88 bits per heavy atom. The monoisotopic (exact) mass is 430 g/mol. The highest BCUT2D eigenvalue weighted by Gasteiger charge is 2.20. The van der Waals surface area contributed by atoms with Gasteiger partial charge in [-0.2, -0.15) is 10.2 Å². The van der Waals surface area contributed by atoms with Crippen LogP contribution in [-0.4, -0.2) is 24.6 Å². The lowest BCUT2D eigenvalue weighted by Gasteiger charge is -2.20. The van der Waals surface area contributed by atoms with Gasteiger partial charge in [-0.15, -0.1) is 0 Å². The van der Waals surface area contributed by atoms with Crippen LogP contribution < -0.4 is 0 Å². The third kappa shape index (κ3) is 6.60. The Hall–Kier alpha value is -3.80. The number of hydrogen-bond acceptors (Lipinski definition) is 6. The number of ether oxygens (including phenoxy) is 2. The number of nitrogens with zero attached hydrogens (tertiary/aromatic N) is 2. The van der Waals surface area contributed by atoms with Crippen molar-refractivity contribution in [2.75, 3.05) is 7.11 Å². The zero-order valence-electron chi connectivity index (χ0n) is 18.7. The van der Waals surface area contributed by atoms with E-state index in [1.54, 1.807) is 32.9 Å². The lowest BCUT2D eigenvalue weighted by Crippen LogP contribution is -2.24. The largest absolute Gasteiger partial charge is 0.465 e. The first-order valence-corrected chi connectivity index (χ1v) is 10.2. The molecule has 0 spiro atoms. The third-order valence-corrected chi connectivity index (χ3v) is 4.43. The van der Waals surface area contributed by atoms with Gasteiger partial charge in [0.2, 0.25) is 0 Å². The van der Waals surface area contributed by atoms with E-state index in [2.05, 4.69) is 10.2 Å². The third-order valence-electron chi connectivity index (χ3n) is 4.43. The zero-order chi connectivity index (χ0) is 23.1. The summed E-state index contributed by atoms with van der Waals surface area (Å²) in [7, 11) is 1.31. The van der Waals surface area contributed by atoms with E-state index in [0.717, 1.165) is 22.5 Å². The molecule has 0 saturated heterocycles. The lowest BCUT2D eigenvalue weighted by atomic mass is 9.99. The highest BCUT2D eigenvalue weighted by molar-refractivity contribution is 5.95. The van der Waals surface area contributed by atoms with Gasteiger partial charge in [-0.25, -0.2) is 9.59 Å². The molecule has 0 unspecified atom stereocenters. The number of methoxy groups -OCH3 is 1. The van der Waals surface area contributed by atoms with E-state index >= 15 is 0 Å². The molecule has 0 amide bonds. The molecule has 6 nitrogen and oxygen atoms in total. The van der Waals surface area contributed by atoms with Crippen molar-refractivity contribution < 1.29 is 19.1 Å². The fourth-order valence-corrected chi connectivity index (χ4v) is 3.01. The summed E-state index contributed by atoms with van der Waals surface area (Å²) in [6.07, 6.45) is 0.525. The molecule has 0 aliphatic rings. The molecule has 164 valence electrons. The number of rotatable bonds is 6. The van der Waals surface area contributed by atoms with Crippen LogP contribution in [0.15, 0.2) is 83.0 Å². The standard InChI is InChI=1S/C26H26N2O4/c1-26(2,3)32-25(30)21-16-19(15-20(17-21)24(29)31-4)14-18-10-12-23(13-11-18)28-27-22-8-6-5-7-9-22/h5-13,15-17H,14H2,1-4H3. The van der Waals surface area contributed by atoms with Crippen molar-refractivity contribution in [2.45, 2.75) is 32.8 Å². The normalized spacial score (nSPS) is 11.4. The van der Waals surface area contributed by atoms with Crippen molar-refractivity contribution in [1.29, 1.82) is 0 Å². The van der Waals surface area contributed by atoms with E-state index in [9.17, 15) is 9.59 Å². The summed E-state index contributed by atoms with van der Waals surface area (Å²) in [5.74, 6) is -0.991. The van der Waals surface area contributed by atoms with Crippen molar-refractivity contribution in [3.8, 4) is 0 Å². The molecule has 0 heterocycles. The Balaban J connectivity index is 1.81. The summed E-state index contributed by atoms with van der Waals surface area (Å²) >= 11 is 0. The smallest absolute Gasteiger partial charge is 0.338 e. The average Bonchev–Trinajstić information content (AvgIpc) is 2.77. The molecule has 0 fully saturated rings. The number of hydrogen-bond donors (Lipinski definition) is 0. The van der Waals surface area contributed by atoms with Gasteiger partial charge in [-0.1, -0.05) is 30.3 Å². The summed E-state index contributed by atoms with van der Waals surface area (Å²) in [4.78, 5) is 24.7. The van der Waals surface area contributed by atoms with Crippen molar-refractivity contribution in [1.82, 2.24) is 0 Å². The maximum Gasteiger partial charge on any atom is 0.338 e. The van der Waals surface area contributed by atoms with E-state index in [0.29, 0.717) is 17.5 Å². The molecular weight excluding hydrogens is 404 g/mol. The Bertz CT molecular complexity index is 1110. The van der Waals surface area contributed by atoms with E-state index < -0.39 is 17.5 Å². The number of azo groups is 1. The van der Waals surface area contributed by atoms with Crippen molar-refractivity contribution >= 4 is 23.3 Å². The summed E-state index contributed by atoms with van der Waals surface area (Å²) < 4.78 is 10.3. The van der Waals surface area contributed by atoms with Crippen LogP contribution in [0.25, 0.3) is 0 Å². The van der Waals surface area contributed by atoms with Gasteiger partial charge in [0.05, 0.1) is 29.6 Å². The SMILES string of the molecule is COC(=O)c1cc(Cc2ccc(N=Nc3ccccc3)cc2)cc(C(=O)OC(C)(C)C)c1. The molecule has 0 radical (unpaired) electrons. The molecule has 0 aliphatic heterocycles. The highest BCUT2D eigenvalue weighted by Crippen LogP contribution is 2.22. The lowest BCUT2D eigenvalue weighted by molar-refractivity contribution is 0.00693. The van der Waals surface area contributed by atoms with Crippen LogP contribution >= 0.6 is 0 Å². The Kier molecular flexibility index (Phi) is 7.15. The minimum atomic E-state index is -0.636. The minimum absolute atomic E-state index is 0.305. The van der Waals surface area contributed by atoms with E-state index in [1.807, 2.05) is 54.6 Å². The quantitative estimate of drug-likeness (QED) is 0.333. The summed E-state index contributed by atoms with van der Waals surface area (Å²) in [5.41, 5.74) is 3.29. The van der Waals surface area contributed by atoms with Gasteiger partial charge in [0.15, 0.2) is 0 Å². The number of carbonyl (C=O) groups excluding carboxylic acids is 2. The molecule has 0 atom stereocenters. The summed E-state index contributed by atoms with van der Waals surface area (Å²) in [5, 5.41) is 8.46. The fraction of sp³-hybridized carbons (Fsp3) is 0.231. The van der Waals surface area contributed by atoms with E-state index in [-0.39, 0.29) is 0 Å². The molecule has 3 aromatic carbocycles. The number of benzene rings is 3. The van der Waals surface area contributed by atoms with Crippen LogP contribution in [-0.2, 0) is 15.9 Å². The van der Waals surface area contributed by atoms with Crippen LogP contribution in [0.3, 0.4) is 0 Å². The van der Waals surface area contributed by atoms with Gasteiger partial charge in [0.1, 0.15) is 5.60 Å². The number of carbonyl (C=O) groups is 2. The van der Waals surface area contributed by atoms with Crippen LogP contribution in [0.4, 0.5) is 11.4 Å². The van der Waals surface area contributed by atoms with Crippen LogP contribution in [0.2, 0.25) is 0 Å². The molecule has 32 heavy (non-hydrogen) atoms. The van der Waals surface area contributed by atoms with Crippen molar-refractivity contribution in [3.05, 3.63) is 95.1 Å². The van der Waals surface area contributed by atoms with Gasteiger partial charge in [-0.3, -0.25) is 0 Å². The van der Waals surface area contributed by atoms with E-state index in [1.165, 1.54) is 13.2 Å². The first-order valence-electron chi connectivity index (χ1n) is 10.2. The first-order chi connectivity index (χ1) is 15.2. The van der Waals surface area contributed by atoms with Gasteiger partial charge in [0.25, 0.3) is 0 Å². The predicted molar refractivity (Wildman–Crippen MR) is 123 cm³/mol. The maximum atomic E-state index is 12.6. The van der Waals surface area contributed by atoms with Gasteiger partial charge in [-0.05, 0) is 80.8 Å². The van der Waals surface area contributed by atoms with Gasteiger partial charge < -0.3 is 9.47 Å². The molecule has 0 aliphatic carbocycles. The second-order valence-electron chi connectivity index (χ2n) is 8.29. The minimum Gasteiger partial charge on any atom is -0.465 e. The first kappa shape index (κ1) is 22.9. The number of esters is 2. The average molecular weight is 431 g/mol. The van der Waals surface area contributed by atoms with Crippen LogP contribution in [0, 0.1) is 0 Å². The molecule has 0 N–H and O–H groups in total. The topological polar surface area (TPSA) is 77.3 Å². The van der Waals surface area contributed by atoms with Crippen LogP contribution in [0.1, 0.15) is 52.6 Å². The Morgan fingerprint density at radius 2 is 1.31 bits per heavy atom. The molecule has 3 aromatic rings. The van der Waals surface area contributed by atoms with Crippen LogP contribution in [0.5, 0.6) is 0 Å². The molecule has 0 aromatic heterocycles. The van der Waals surface area contributed by atoms with E-state index in [4.69, 9.17) is 9.47 Å². The molecule has 3 rings (SSSR count). The highest BCUT2D eigenvalue weighted by atomic mass is 16.6. The summed E-state index contributed by atoms with van der Waals surface area (Å²) in [6, 6.07) is 22.1. The molecule has 0 bridgehead atoms. The van der Waals surface area contributed by atoms with Gasteiger partial charge >= 0.3 is 11.9 Å². The summed E-state index contributed by atoms with van der Waals surface area (Å²) in [6.45, 7) is 5.39. The second-order valence-corrected chi connectivity index (χ2v) is 8.29. The van der Waals surface area contributed by atoms with Gasteiger partial charge in [0, 0.05) is 0 Å². The molecule has 0 saturated carbocycles. The predicted octanol–water partition coefficient (Wildman–Crippen LogP) is 6.43. The second kappa shape index (κ2) is 10.0. The zero-order valence-corrected chi connectivity index (χ0v) is 18.7. The van der Waals surface area contributed by atoms with Crippen molar-refractivity contribution in [2.24, 2.45) is 10.2 Å². The fourth-order valence-electron chi connectivity index (χ4n) is 3.01. The maximum absolute atomic E-state index is 12.6. The Morgan fingerprint density at radius 1 is 0.750 bits per heavy atom. The van der Waals surface area contributed by atoms with Crippen molar-refractivity contribution in [3.63, 3.8) is 0 Å². The molecular formula is C26H26N2O4. The molecule has 6 heteroatoms.